The van der Waals surface area contributed by atoms with Gasteiger partial charge in [-0.2, -0.15) is 0 Å². The number of fused-ring (bicyclic) bond motifs is 1. The van der Waals surface area contributed by atoms with Crippen molar-refractivity contribution < 1.29 is 28.2 Å². The molecule has 11 heteroatoms. The third kappa shape index (κ3) is 4.58. The topological polar surface area (TPSA) is 101 Å². The SMILES string of the molecule is CCOCC[C@H]1[C@@H](C)N(C)C(=O)c2c(O)c(=O)c(C(=O)NCc3ccc(F)c(Cl)c3F)cn21. The summed E-state index contributed by atoms with van der Waals surface area (Å²) in [6, 6.07) is 1.40. The molecule has 0 fully saturated rings. The minimum Gasteiger partial charge on any atom is -0.503 e. The second-order valence-corrected chi connectivity index (χ2v) is 8.08. The van der Waals surface area contributed by atoms with E-state index in [1.165, 1.54) is 15.7 Å². The molecule has 0 bridgehead atoms. The van der Waals surface area contributed by atoms with Crippen molar-refractivity contribution in [3.05, 3.63) is 62.0 Å². The number of nitrogens with one attached hydrogen (secondary N) is 1. The Morgan fingerprint density at radius 2 is 2.00 bits per heavy atom. The summed E-state index contributed by atoms with van der Waals surface area (Å²) in [5, 5.41) is 12.2. The highest BCUT2D eigenvalue weighted by molar-refractivity contribution is 6.30. The number of aromatic nitrogens is 1. The minimum atomic E-state index is -1.03. The van der Waals surface area contributed by atoms with Crippen LogP contribution >= 0.6 is 11.6 Å². The summed E-state index contributed by atoms with van der Waals surface area (Å²) in [5.41, 5.74) is -1.75. The van der Waals surface area contributed by atoms with Gasteiger partial charge in [0.15, 0.2) is 11.4 Å². The molecule has 1 aliphatic heterocycles. The van der Waals surface area contributed by atoms with Gasteiger partial charge in [0.25, 0.3) is 11.8 Å². The smallest absolute Gasteiger partial charge is 0.274 e. The third-order valence-corrected chi connectivity index (χ3v) is 6.17. The molecule has 2 aromatic rings. The predicted molar refractivity (Wildman–Crippen MR) is 117 cm³/mol. The van der Waals surface area contributed by atoms with E-state index in [1.54, 1.807) is 7.05 Å². The summed E-state index contributed by atoms with van der Waals surface area (Å²) in [7, 11) is 1.57. The first-order valence-electron chi connectivity index (χ1n) is 10.3. The van der Waals surface area contributed by atoms with Gasteiger partial charge in [-0.25, -0.2) is 8.78 Å². The van der Waals surface area contributed by atoms with E-state index in [4.69, 9.17) is 16.3 Å². The van der Waals surface area contributed by atoms with Crippen molar-refractivity contribution in [2.75, 3.05) is 20.3 Å². The van der Waals surface area contributed by atoms with Gasteiger partial charge < -0.3 is 24.6 Å². The molecule has 33 heavy (non-hydrogen) atoms. The largest absolute Gasteiger partial charge is 0.503 e. The van der Waals surface area contributed by atoms with E-state index in [0.29, 0.717) is 19.6 Å². The Hall–Kier alpha value is -2.98. The molecular weight excluding hydrogens is 460 g/mol. The van der Waals surface area contributed by atoms with Crippen LogP contribution in [0.3, 0.4) is 0 Å². The maximum Gasteiger partial charge on any atom is 0.274 e. The number of ether oxygens (including phenoxy) is 1. The zero-order valence-corrected chi connectivity index (χ0v) is 19.1. The molecule has 2 N–H and O–H groups in total. The Kier molecular flexibility index (Phi) is 7.38. The fourth-order valence-corrected chi connectivity index (χ4v) is 3.98. The highest BCUT2D eigenvalue weighted by Crippen LogP contribution is 2.32. The molecule has 0 aliphatic carbocycles. The van der Waals surface area contributed by atoms with E-state index >= 15 is 0 Å². The van der Waals surface area contributed by atoms with Gasteiger partial charge in [0.1, 0.15) is 22.2 Å². The van der Waals surface area contributed by atoms with Crippen LogP contribution < -0.4 is 10.7 Å². The number of benzene rings is 1. The van der Waals surface area contributed by atoms with E-state index in [0.717, 1.165) is 12.1 Å². The molecule has 178 valence electrons. The van der Waals surface area contributed by atoms with Crippen molar-refractivity contribution in [2.45, 2.75) is 38.9 Å². The molecule has 1 aliphatic rings. The molecule has 0 saturated heterocycles. The third-order valence-electron chi connectivity index (χ3n) is 5.82. The van der Waals surface area contributed by atoms with E-state index in [9.17, 15) is 28.3 Å². The predicted octanol–water partition coefficient (Wildman–Crippen LogP) is 2.86. The Labute approximate surface area is 193 Å². The lowest BCUT2D eigenvalue weighted by atomic mass is 9.99. The lowest BCUT2D eigenvalue weighted by Crippen LogP contribution is -2.49. The van der Waals surface area contributed by atoms with Crippen LogP contribution in [0.15, 0.2) is 23.1 Å². The standard InChI is InChI=1S/C22H24ClF2N3O5/c1-4-33-8-7-15-11(2)27(3)22(32)18-20(30)19(29)13(10-28(15)18)21(31)26-9-12-5-6-14(24)16(23)17(12)25/h5-6,10-11,15,30H,4,7-9H2,1-3H3,(H,26,31)/t11-,15+/m1/s1. The number of carbonyl (C=O) groups is 2. The van der Waals surface area contributed by atoms with Crippen LogP contribution in [0.1, 0.15) is 52.7 Å². The molecule has 2 atom stereocenters. The van der Waals surface area contributed by atoms with Crippen LogP contribution in [-0.2, 0) is 11.3 Å². The molecule has 0 saturated carbocycles. The van der Waals surface area contributed by atoms with Crippen molar-refractivity contribution in [1.82, 2.24) is 14.8 Å². The highest BCUT2D eigenvalue weighted by Gasteiger charge is 2.38. The number of carbonyl (C=O) groups excluding carboxylic acids is 2. The van der Waals surface area contributed by atoms with Crippen molar-refractivity contribution in [3.63, 3.8) is 0 Å². The monoisotopic (exact) mass is 483 g/mol. The van der Waals surface area contributed by atoms with E-state index in [-0.39, 0.29) is 29.9 Å². The van der Waals surface area contributed by atoms with Crippen molar-refractivity contribution >= 4 is 23.4 Å². The molecule has 0 radical (unpaired) electrons. The van der Waals surface area contributed by atoms with Gasteiger partial charge >= 0.3 is 0 Å². The Balaban J connectivity index is 1.96. The molecule has 2 amide bonds. The average Bonchev–Trinajstić information content (AvgIpc) is 2.79. The zero-order valence-electron chi connectivity index (χ0n) is 18.3. The van der Waals surface area contributed by atoms with Gasteiger partial charge in [-0.15, -0.1) is 0 Å². The maximum absolute atomic E-state index is 14.1. The van der Waals surface area contributed by atoms with E-state index < -0.39 is 45.2 Å². The van der Waals surface area contributed by atoms with Crippen LogP contribution in [0.5, 0.6) is 5.75 Å². The number of pyridine rings is 1. The molecular formula is C22H24ClF2N3O5. The van der Waals surface area contributed by atoms with Gasteiger partial charge in [0.2, 0.25) is 5.43 Å². The normalized spacial score (nSPS) is 17.8. The number of aromatic hydroxyl groups is 1. The number of nitrogens with zero attached hydrogens (tertiary/aromatic N) is 2. The summed E-state index contributed by atoms with van der Waals surface area (Å²) in [6.07, 6.45) is 1.68. The van der Waals surface area contributed by atoms with Crippen LogP contribution in [0, 0.1) is 11.6 Å². The molecule has 2 heterocycles. The van der Waals surface area contributed by atoms with E-state index in [1.807, 2.05) is 13.8 Å². The van der Waals surface area contributed by atoms with E-state index in [2.05, 4.69) is 5.32 Å². The summed E-state index contributed by atoms with van der Waals surface area (Å²) in [5.74, 6) is -4.26. The Morgan fingerprint density at radius 1 is 1.30 bits per heavy atom. The zero-order chi connectivity index (χ0) is 24.4. The number of amides is 2. The first kappa shape index (κ1) is 24.7. The summed E-state index contributed by atoms with van der Waals surface area (Å²) >= 11 is 5.55. The Bertz CT molecular complexity index is 1150. The number of hydrogen-bond acceptors (Lipinski definition) is 5. The van der Waals surface area contributed by atoms with Gasteiger partial charge in [-0.3, -0.25) is 14.4 Å². The van der Waals surface area contributed by atoms with Crippen molar-refractivity contribution in [3.8, 4) is 5.75 Å². The van der Waals surface area contributed by atoms with Gasteiger partial charge in [-0.1, -0.05) is 17.7 Å². The van der Waals surface area contributed by atoms with Crippen LogP contribution in [-0.4, -0.2) is 52.7 Å². The molecule has 1 aromatic heterocycles. The molecule has 8 nitrogen and oxygen atoms in total. The molecule has 1 aromatic carbocycles. The van der Waals surface area contributed by atoms with Crippen LogP contribution in [0.25, 0.3) is 0 Å². The first-order valence-corrected chi connectivity index (χ1v) is 10.7. The van der Waals surface area contributed by atoms with Gasteiger partial charge in [0, 0.05) is 44.6 Å². The van der Waals surface area contributed by atoms with Crippen LogP contribution in [0.2, 0.25) is 5.02 Å². The Morgan fingerprint density at radius 3 is 2.67 bits per heavy atom. The quantitative estimate of drug-likeness (QED) is 0.466. The summed E-state index contributed by atoms with van der Waals surface area (Å²) < 4.78 is 34.3. The molecule has 0 unspecified atom stereocenters. The maximum atomic E-state index is 14.1. The molecule has 3 rings (SSSR count). The van der Waals surface area contributed by atoms with Gasteiger partial charge in [0.05, 0.1) is 6.04 Å². The highest BCUT2D eigenvalue weighted by atomic mass is 35.5. The number of likely N-dealkylation sites (N-methyl/N-ethyl adjacent to an activating group) is 1. The lowest BCUT2D eigenvalue weighted by Gasteiger charge is -2.40. The number of halogens is 3. The minimum absolute atomic E-state index is 0.0861. The number of rotatable bonds is 7. The summed E-state index contributed by atoms with van der Waals surface area (Å²) in [6.45, 7) is 4.14. The van der Waals surface area contributed by atoms with Gasteiger partial charge in [-0.05, 0) is 26.3 Å². The second-order valence-electron chi connectivity index (χ2n) is 7.70. The average molecular weight is 484 g/mol. The first-order chi connectivity index (χ1) is 15.6. The number of hydrogen-bond donors (Lipinski definition) is 2. The fraction of sp³-hybridized carbons (Fsp3) is 0.409. The second kappa shape index (κ2) is 9.88. The van der Waals surface area contributed by atoms with Crippen molar-refractivity contribution in [1.29, 1.82) is 0 Å². The van der Waals surface area contributed by atoms with Crippen molar-refractivity contribution in [2.24, 2.45) is 0 Å². The lowest BCUT2D eigenvalue weighted by molar-refractivity contribution is 0.0543. The fourth-order valence-electron chi connectivity index (χ4n) is 3.80. The van der Waals surface area contributed by atoms with Crippen LogP contribution in [0.4, 0.5) is 8.78 Å². The molecule has 0 spiro atoms. The summed E-state index contributed by atoms with van der Waals surface area (Å²) in [4.78, 5) is 39.6.